The number of sulfonamides is 1. The molecule has 1 N–H and O–H groups in total. The van der Waals surface area contributed by atoms with E-state index in [-0.39, 0.29) is 5.41 Å². The number of benzene rings is 1. The first kappa shape index (κ1) is 15.5. The van der Waals surface area contributed by atoms with E-state index < -0.39 is 16.1 Å². The van der Waals surface area contributed by atoms with Gasteiger partial charge in [0, 0.05) is 13.1 Å². The summed E-state index contributed by atoms with van der Waals surface area (Å²) in [6.07, 6.45) is 1.42. The van der Waals surface area contributed by atoms with Gasteiger partial charge in [0.15, 0.2) is 0 Å². The highest BCUT2D eigenvalue weighted by Gasteiger charge is 2.27. The van der Waals surface area contributed by atoms with Crippen LogP contribution in [0, 0.1) is 5.41 Å². The van der Waals surface area contributed by atoms with Gasteiger partial charge in [0.1, 0.15) is 0 Å². The van der Waals surface area contributed by atoms with Crippen LogP contribution in [-0.4, -0.2) is 30.6 Å². The van der Waals surface area contributed by atoms with Crippen LogP contribution in [0.25, 0.3) is 0 Å². The van der Waals surface area contributed by atoms with Crippen LogP contribution in [-0.2, 0) is 23.0 Å². The van der Waals surface area contributed by atoms with Crippen molar-refractivity contribution in [3.05, 3.63) is 34.9 Å². The average molecular weight is 297 g/mol. The van der Waals surface area contributed by atoms with Gasteiger partial charge in [-0.3, -0.25) is 0 Å². The largest absolute Gasteiger partial charge is 0.388 e. The molecular weight excluding hydrogens is 274 g/mol. The standard InChI is InChI=1S/C15H23NO3S/c1-15(2,3)14(17)12-6-5-11-7-8-16(20(4,18)19)10-13(11)9-12/h5-6,9,14,17H,7-8,10H2,1-4H3. The monoisotopic (exact) mass is 297 g/mol. The van der Waals surface area contributed by atoms with E-state index in [1.807, 2.05) is 39.0 Å². The van der Waals surface area contributed by atoms with Crippen LogP contribution >= 0.6 is 0 Å². The van der Waals surface area contributed by atoms with Gasteiger partial charge in [0.2, 0.25) is 10.0 Å². The first-order valence-electron chi connectivity index (χ1n) is 6.84. The fraction of sp³-hybridized carbons (Fsp3) is 0.600. The zero-order chi connectivity index (χ0) is 15.1. The lowest BCUT2D eigenvalue weighted by Gasteiger charge is -2.30. The summed E-state index contributed by atoms with van der Waals surface area (Å²) < 4.78 is 24.8. The number of hydrogen-bond acceptors (Lipinski definition) is 3. The summed E-state index contributed by atoms with van der Waals surface area (Å²) in [5.74, 6) is 0. The molecule has 1 aliphatic rings. The van der Waals surface area contributed by atoms with Gasteiger partial charge in [-0.2, -0.15) is 4.31 Å². The first-order chi connectivity index (χ1) is 9.09. The molecule has 1 atom stereocenters. The van der Waals surface area contributed by atoms with Gasteiger partial charge in [0.05, 0.1) is 12.4 Å². The van der Waals surface area contributed by atoms with Crippen LogP contribution in [0.4, 0.5) is 0 Å². The van der Waals surface area contributed by atoms with Crippen LogP contribution in [0.2, 0.25) is 0 Å². The Labute approximate surface area is 121 Å². The minimum atomic E-state index is -3.16. The molecule has 20 heavy (non-hydrogen) atoms. The highest BCUT2D eigenvalue weighted by Crippen LogP contribution is 2.34. The molecule has 0 saturated heterocycles. The lowest BCUT2D eigenvalue weighted by molar-refractivity contribution is 0.0625. The molecule has 0 bridgehead atoms. The molecule has 4 nitrogen and oxygen atoms in total. The number of aliphatic hydroxyl groups excluding tert-OH is 1. The van der Waals surface area contributed by atoms with E-state index in [9.17, 15) is 13.5 Å². The van der Waals surface area contributed by atoms with Gasteiger partial charge in [-0.1, -0.05) is 39.0 Å². The second-order valence-electron chi connectivity index (χ2n) is 6.64. The Hall–Kier alpha value is -0.910. The van der Waals surface area contributed by atoms with Crippen molar-refractivity contribution in [1.82, 2.24) is 4.31 Å². The highest BCUT2D eigenvalue weighted by molar-refractivity contribution is 7.88. The molecule has 1 aromatic carbocycles. The predicted octanol–water partition coefficient (Wildman–Crippen LogP) is 2.08. The smallest absolute Gasteiger partial charge is 0.211 e. The van der Waals surface area contributed by atoms with E-state index in [0.29, 0.717) is 13.1 Å². The van der Waals surface area contributed by atoms with Crippen LogP contribution < -0.4 is 0 Å². The molecule has 2 rings (SSSR count). The Bertz CT molecular complexity index is 602. The van der Waals surface area contributed by atoms with Gasteiger partial charge in [-0.15, -0.1) is 0 Å². The zero-order valence-corrected chi connectivity index (χ0v) is 13.4. The Morgan fingerprint density at radius 3 is 2.45 bits per heavy atom. The third kappa shape index (κ3) is 3.22. The number of nitrogens with zero attached hydrogens (tertiary/aromatic N) is 1. The van der Waals surface area contributed by atoms with Gasteiger partial charge < -0.3 is 5.11 Å². The highest BCUT2D eigenvalue weighted by atomic mass is 32.2. The molecule has 0 radical (unpaired) electrons. The van der Waals surface area contributed by atoms with Crippen LogP contribution in [0.3, 0.4) is 0 Å². The quantitative estimate of drug-likeness (QED) is 0.909. The number of aliphatic hydroxyl groups is 1. The van der Waals surface area contributed by atoms with E-state index >= 15 is 0 Å². The Kier molecular flexibility index (Phi) is 3.97. The minimum absolute atomic E-state index is 0.237. The Morgan fingerprint density at radius 2 is 1.90 bits per heavy atom. The van der Waals surface area contributed by atoms with Crippen LogP contribution in [0.5, 0.6) is 0 Å². The van der Waals surface area contributed by atoms with E-state index in [0.717, 1.165) is 17.5 Å². The topological polar surface area (TPSA) is 57.6 Å². The molecule has 112 valence electrons. The SMILES string of the molecule is CC(C)(C)C(O)c1ccc2c(c1)CN(S(C)(=O)=O)CC2. The van der Waals surface area contributed by atoms with Crippen molar-refractivity contribution in [3.8, 4) is 0 Å². The minimum Gasteiger partial charge on any atom is -0.388 e. The third-order valence-corrected chi connectivity index (χ3v) is 5.06. The van der Waals surface area contributed by atoms with Crippen molar-refractivity contribution in [1.29, 1.82) is 0 Å². The lowest BCUT2D eigenvalue weighted by atomic mass is 9.83. The van der Waals surface area contributed by atoms with Gasteiger partial charge in [0.25, 0.3) is 0 Å². The van der Waals surface area contributed by atoms with Gasteiger partial charge >= 0.3 is 0 Å². The molecule has 0 spiro atoms. The Balaban J connectivity index is 2.32. The summed E-state index contributed by atoms with van der Waals surface area (Å²) in [4.78, 5) is 0. The van der Waals surface area contributed by atoms with Crippen LogP contribution in [0.15, 0.2) is 18.2 Å². The van der Waals surface area contributed by atoms with E-state index in [4.69, 9.17) is 0 Å². The summed E-state index contributed by atoms with van der Waals surface area (Å²) >= 11 is 0. The molecule has 1 aromatic rings. The molecule has 0 aromatic heterocycles. The molecule has 0 amide bonds. The molecule has 5 heteroatoms. The molecule has 0 saturated carbocycles. The second-order valence-corrected chi connectivity index (χ2v) is 8.63. The van der Waals surface area contributed by atoms with Crippen molar-refractivity contribution < 1.29 is 13.5 Å². The molecular formula is C15H23NO3S. The fourth-order valence-corrected chi connectivity index (χ4v) is 3.30. The van der Waals surface area contributed by atoms with Gasteiger partial charge in [-0.05, 0) is 28.5 Å². The van der Waals surface area contributed by atoms with E-state index in [1.165, 1.54) is 16.1 Å². The maximum absolute atomic E-state index is 11.7. The number of rotatable bonds is 2. The normalized spacial score (nSPS) is 18.6. The number of hydrogen-bond donors (Lipinski definition) is 1. The summed E-state index contributed by atoms with van der Waals surface area (Å²) in [5, 5.41) is 10.4. The van der Waals surface area contributed by atoms with Crippen molar-refractivity contribution >= 4 is 10.0 Å². The molecule has 1 heterocycles. The van der Waals surface area contributed by atoms with Crippen molar-refractivity contribution in [2.45, 2.75) is 39.8 Å². The van der Waals surface area contributed by atoms with Crippen molar-refractivity contribution in [2.75, 3.05) is 12.8 Å². The van der Waals surface area contributed by atoms with Crippen LogP contribution in [0.1, 0.15) is 43.6 Å². The molecule has 1 unspecified atom stereocenters. The van der Waals surface area contributed by atoms with Crippen molar-refractivity contribution in [3.63, 3.8) is 0 Å². The molecule has 1 aliphatic heterocycles. The fourth-order valence-electron chi connectivity index (χ4n) is 2.50. The maximum Gasteiger partial charge on any atom is 0.211 e. The molecule has 0 aliphatic carbocycles. The predicted molar refractivity (Wildman–Crippen MR) is 79.8 cm³/mol. The second kappa shape index (κ2) is 5.13. The van der Waals surface area contributed by atoms with Crippen molar-refractivity contribution in [2.24, 2.45) is 5.41 Å². The van der Waals surface area contributed by atoms with Gasteiger partial charge in [-0.25, -0.2) is 8.42 Å². The summed E-state index contributed by atoms with van der Waals surface area (Å²) in [6.45, 7) is 6.89. The Morgan fingerprint density at radius 1 is 1.25 bits per heavy atom. The summed E-state index contributed by atoms with van der Waals surface area (Å²) in [7, 11) is -3.16. The first-order valence-corrected chi connectivity index (χ1v) is 8.69. The van der Waals surface area contributed by atoms with E-state index in [1.54, 1.807) is 0 Å². The zero-order valence-electron chi connectivity index (χ0n) is 12.5. The summed E-state index contributed by atoms with van der Waals surface area (Å²) in [5.41, 5.74) is 2.79. The third-order valence-electron chi connectivity index (χ3n) is 3.81. The van der Waals surface area contributed by atoms with E-state index in [2.05, 4.69) is 0 Å². The summed E-state index contributed by atoms with van der Waals surface area (Å²) in [6, 6.07) is 5.91. The maximum atomic E-state index is 11.7. The molecule has 0 fully saturated rings. The number of fused-ring (bicyclic) bond motifs is 1. The average Bonchev–Trinajstić information content (AvgIpc) is 2.34. The lowest BCUT2D eigenvalue weighted by Crippen LogP contribution is -2.35.